The van der Waals surface area contributed by atoms with Crippen molar-refractivity contribution in [2.45, 2.75) is 17.3 Å². The van der Waals surface area contributed by atoms with Gasteiger partial charge in [0.2, 0.25) is 5.91 Å². The number of carbonyl (C=O) groups excluding carboxylic acids is 3. The molecule has 2 amide bonds. The molecule has 0 aromatic heterocycles. The predicted molar refractivity (Wildman–Crippen MR) is 88.1 cm³/mol. The van der Waals surface area contributed by atoms with E-state index >= 15 is 0 Å². The Labute approximate surface area is 146 Å². The molecule has 2 atom stereocenters. The molecule has 1 aromatic rings. The number of halogens is 2. The van der Waals surface area contributed by atoms with Crippen LogP contribution in [0, 0.1) is 5.82 Å². The molecule has 24 heavy (non-hydrogen) atoms. The number of rotatable bonds is 6. The summed E-state index contributed by atoms with van der Waals surface area (Å²) in [5.41, 5.74) is 0.415. The second-order valence-corrected chi connectivity index (χ2v) is 6.53. The molecule has 0 aliphatic carbocycles. The molecule has 1 fully saturated rings. The van der Waals surface area contributed by atoms with Crippen molar-refractivity contribution in [1.29, 1.82) is 0 Å². The largest absolute Gasteiger partial charge is 0.454 e. The van der Waals surface area contributed by atoms with Gasteiger partial charge in [0.1, 0.15) is 11.9 Å². The van der Waals surface area contributed by atoms with Crippen LogP contribution in [0.5, 0.6) is 0 Å². The Kier molecular flexibility index (Phi) is 6.68. The first-order valence-corrected chi connectivity index (χ1v) is 8.22. The highest BCUT2D eigenvalue weighted by Crippen LogP contribution is 2.15. The molecular formula is C15H17BrFN3O4. The lowest BCUT2D eigenvalue weighted by Crippen LogP contribution is -2.38. The monoisotopic (exact) mass is 401 g/mol. The highest BCUT2D eigenvalue weighted by molar-refractivity contribution is 9.09. The third kappa shape index (κ3) is 5.89. The fourth-order valence-electron chi connectivity index (χ4n) is 2.08. The number of anilines is 1. The molecule has 2 unspecified atom stereocenters. The number of carbonyl (C=O) groups is 3. The van der Waals surface area contributed by atoms with Gasteiger partial charge in [-0.1, -0.05) is 15.9 Å². The lowest BCUT2D eigenvalue weighted by molar-refractivity contribution is -0.150. The minimum Gasteiger partial charge on any atom is -0.454 e. The Balaban J connectivity index is 1.64. The molecule has 1 aliphatic heterocycles. The van der Waals surface area contributed by atoms with Gasteiger partial charge in [-0.15, -0.1) is 0 Å². The second kappa shape index (κ2) is 8.74. The Hall–Kier alpha value is -2.00. The summed E-state index contributed by atoms with van der Waals surface area (Å²) in [6.07, 6.45) is 0.598. The zero-order valence-electron chi connectivity index (χ0n) is 12.7. The quantitative estimate of drug-likeness (QED) is 0.477. The topological polar surface area (TPSA) is 96.5 Å². The minimum atomic E-state index is -0.578. The average Bonchev–Trinajstić information content (AvgIpc) is 2.99. The van der Waals surface area contributed by atoms with Crippen LogP contribution in [-0.2, 0) is 19.1 Å². The lowest BCUT2D eigenvalue weighted by Gasteiger charge is -2.10. The van der Waals surface area contributed by atoms with Crippen LogP contribution in [0.2, 0.25) is 0 Å². The third-order valence-electron chi connectivity index (χ3n) is 3.28. The van der Waals surface area contributed by atoms with Crippen molar-refractivity contribution in [3.05, 3.63) is 30.1 Å². The smallest absolute Gasteiger partial charge is 0.323 e. The van der Waals surface area contributed by atoms with E-state index in [1.807, 2.05) is 0 Å². The Morgan fingerprint density at radius 1 is 1.25 bits per heavy atom. The van der Waals surface area contributed by atoms with Gasteiger partial charge < -0.3 is 20.7 Å². The highest BCUT2D eigenvalue weighted by atomic mass is 79.9. The molecule has 1 heterocycles. The van der Waals surface area contributed by atoms with E-state index < -0.39 is 36.2 Å². The van der Waals surface area contributed by atoms with Gasteiger partial charge in [-0.3, -0.25) is 14.4 Å². The maximum atomic E-state index is 12.7. The van der Waals surface area contributed by atoms with E-state index in [0.717, 1.165) is 0 Å². The average molecular weight is 402 g/mol. The van der Waals surface area contributed by atoms with Crippen LogP contribution < -0.4 is 16.0 Å². The SMILES string of the molecule is O=C(COC(=O)C1CC(Br)CN1)NCC(=O)Nc1ccc(F)cc1. The van der Waals surface area contributed by atoms with Crippen molar-refractivity contribution in [3.8, 4) is 0 Å². The van der Waals surface area contributed by atoms with Gasteiger partial charge >= 0.3 is 5.97 Å². The summed E-state index contributed by atoms with van der Waals surface area (Å²) in [5, 5.41) is 7.80. The van der Waals surface area contributed by atoms with Gasteiger partial charge in [0.25, 0.3) is 5.91 Å². The standard InChI is InChI=1S/C15H17BrFN3O4/c16-9-5-12(18-6-9)15(23)24-8-14(22)19-7-13(21)20-11-3-1-10(17)2-4-11/h1-4,9,12,18H,5-8H2,(H,19,22)(H,20,21). The zero-order chi connectivity index (χ0) is 17.5. The van der Waals surface area contributed by atoms with Crippen molar-refractivity contribution in [1.82, 2.24) is 10.6 Å². The maximum Gasteiger partial charge on any atom is 0.323 e. The number of esters is 1. The maximum absolute atomic E-state index is 12.7. The van der Waals surface area contributed by atoms with Gasteiger partial charge in [0, 0.05) is 17.1 Å². The van der Waals surface area contributed by atoms with Crippen molar-refractivity contribution >= 4 is 39.4 Å². The molecule has 7 nitrogen and oxygen atoms in total. The van der Waals surface area contributed by atoms with Gasteiger partial charge in [-0.25, -0.2) is 4.39 Å². The fourth-order valence-corrected chi connectivity index (χ4v) is 2.64. The highest BCUT2D eigenvalue weighted by Gasteiger charge is 2.29. The number of benzene rings is 1. The summed E-state index contributed by atoms with van der Waals surface area (Å²) in [6, 6.07) is 4.80. The summed E-state index contributed by atoms with van der Waals surface area (Å²) in [7, 11) is 0. The van der Waals surface area contributed by atoms with Crippen LogP contribution in [0.3, 0.4) is 0 Å². The Morgan fingerprint density at radius 2 is 1.96 bits per heavy atom. The van der Waals surface area contributed by atoms with Gasteiger partial charge in [-0.2, -0.15) is 0 Å². The molecule has 0 radical (unpaired) electrons. The lowest BCUT2D eigenvalue weighted by atomic mass is 10.2. The molecule has 3 N–H and O–H groups in total. The molecule has 0 saturated carbocycles. The Bertz CT molecular complexity index is 611. The summed E-state index contributed by atoms with van der Waals surface area (Å²) in [6.45, 7) is -0.0672. The molecule has 1 aliphatic rings. The minimum absolute atomic E-state index is 0.207. The van der Waals surface area contributed by atoms with Crippen LogP contribution in [0.4, 0.5) is 10.1 Å². The molecular weight excluding hydrogens is 385 g/mol. The predicted octanol–water partition coefficient (Wildman–Crippen LogP) is 0.549. The van der Waals surface area contributed by atoms with E-state index in [1.54, 1.807) is 0 Å². The molecule has 9 heteroatoms. The van der Waals surface area contributed by atoms with E-state index in [2.05, 4.69) is 31.9 Å². The first kappa shape index (κ1) is 18.3. The second-order valence-electron chi connectivity index (χ2n) is 5.23. The van der Waals surface area contributed by atoms with Crippen LogP contribution in [0.1, 0.15) is 6.42 Å². The molecule has 0 spiro atoms. The van der Waals surface area contributed by atoms with Crippen molar-refractivity contribution in [2.75, 3.05) is 25.0 Å². The van der Waals surface area contributed by atoms with E-state index in [0.29, 0.717) is 18.7 Å². The van der Waals surface area contributed by atoms with Gasteiger partial charge in [0.05, 0.1) is 6.54 Å². The van der Waals surface area contributed by atoms with Crippen molar-refractivity contribution in [3.63, 3.8) is 0 Å². The van der Waals surface area contributed by atoms with Crippen molar-refractivity contribution in [2.24, 2.45) is 0 Å². The van der Waals surface area contributed by atoms with Crippen molar-refractivity contribution < 1.29 is 23.5 Å². The summed E-state index contributed by atoms with van der Waals surface area (Å²) in [5.74, 6) is -1.96. The van der Waals surface area contributed by atoms with Crippen LogP contribution in [0.25, 0.3) is 0 Å². The fraction of sp³-hybridized carbons (Fsp3) is 0.400. The van der Waals surface area contributed by atoms with Crippen LogP contribution in [-0.4, -0.2) is 48.3 Å². The Morgan fingerprint density at radius 3 is 2.58 bits per heavy atom. The number of alkyl halides is 1. The molecule has 1 saturated heterocycles. The van der Waals surface area contributed by atoms with Crippen LogP contribution in [0.15, 0.2) is 24.3 Å². The molecule has 130 valence electrons. The van der Waals surface area contributed by atoms with E-state index in [4.69, 9.17) is 4.74 Å². The summed E-state index contributed by atoms with van der Waals surface area (Å²) in [4.78, 5) is 35.1. The van der Waals surface area contributed by atoms with E-state index in [1.165, 1.54) is 24.3 Å². The summed E-state index contributed by atoms with van der Waals surface area (Å²) >= 11 is 3.38. The number of hydrogen-bond donors (Lipinski definition) is 3. The first-order chi connectivity index (χ1) is 11.4. The first-order valence-electron chi connectivity index (χ1n) is 7.30. The zero-order valence-corrected chi connectivity index (χ0v) is 14.3. The van der Waals surface area contributed by atoms with E-state index in [9.17, 15) is 18.8 Å². The summed E-state index contributed by atoms with van der Waals surface area (Å²) < 4.78 is 17.6. The third-order valence-corrected chi connectivity index (χ3v) is 3.98. The normalized spacial score (nSPS) is 19.6. The van der Waals surface area contributed by atoms with Gasteiger partial charge in [0.15, 0.2) is 6.61 Å². The van der Waals surface area contributed by atoms with Gasteiger partial charge in [-0.05, 0) is 30.7 Å². The molecule has 1 aromatic carbocycles. The molecule has 2 rings (SSSR count). The number of hydrogen-bond acceptors (Lipinski definition) is 5. The van der Waals surface area contributed by atoms with E-state index in [-0.39, 0.29) is 11.4 Å². The molecule has 0 bridgehead atoms. The number of nitrogens with one attached hydrogen (secondary N) is 3. The van der Waals surface area contributed by atoms with Crippen LogP contribution >= 0.6 is 15.9 Å². The number of amides is 2. The number of ether oxygens (including phenoxy) is 1.